The number of ether oxygens (including phenoxy) is 1. The van der Waals surface area contributed by atoms with Crippen LogP contribution in [0.3, 0.4) is 0 Å². The molecule has 0 bridgehead atoms. The number of benzene rings is 1. The van der Waals surface area contributed by atoms with E-state index in [1.54, 1.807) is 24.3 Å². The van der Waals surface area contributed by atoms with Gasteiger partial charge < -0.3 is 10.1 Å². The molecule has 1 aromatic carbocycles. The largest absolute Gasteiger partial charge is 0.411 e. The van der Waals surface area contributed by atoms with Crippen LogP contribution in [0.15, 0.2) is 24.3 Å². The molecule has 1 aromatic rings. The molecule has 0 radical (unpaired) electrons. The number of halogens is 4. The van der Waals surface area contributed by atoms with E-state index in [0.717, 1.165) is 5.69 Å². The van der Waals surface area contributed by atoms with Crippen LogP contribution in [-0.2, 0) is 4.74 Å². The van der Waals surface area contributed by atoms with Crippen LogP contribution in [0.2, 0.25) is 5.02 Å². The summed E-state index contributed by atoms with van der Waals surface area (Å²) in [5, 5.41) is 3.52. The molecule has 0 saturated carbocycles. The first-order valence-electron chi connectivity index (χ1n) is 4.61. The van der Waals surface area contributed by atoms with Crippen LogP contribution in [0.1, 0.15) is 0 Å². The van der Waals surface area contributed by atoms with E-state index < -0.39 is 12.8 Å². The van der Waals surface area contributed by atoms with Crippen LogP contribution in [0.4, 0.5) is 18.9 Å². The van der Waals surface area contributed by atoms with E-state index in [2.05, 4.69) is 10.1 Å². The number of hydrogen-bond donors (Lipinski definition) is 1. The first kappa shape index (κ1) is 13.1. The second-order valence-electron chi connectivity index (χ2n) is 3.10. The summed E-state index contributed by atoms with van der Waals surface area (Å²) in [4.78, 5) is 0. The van der Waals surface area contributed by atoms with Gasteiger partial charge in [-0.15, -0.1) is 0 Å². The second kappa shape index (κ2) is 5.96. The fourth-order valence-electron chi connectivity index (χ4n) is 1.02. The normalized spacial score (nSPS) is 11.5. The zero-order valence-corrected chi connectivity index (χ0v) is 9.11. The quantitative estimate of drug-likeness (QED) is 0.813. The van der Waals surface area contributed by atoms with E-state index in [-0.39, 0.29) is 6.61 Å². The van der Waals surface area contributed by atoms with E-state index >= 15 is 0 Å². The van der Waals surface area contributed by atoms with E-state index in [9.17, 15) is 13.2 Å². The van der Waals surface area contributed by atoms with Gasteiger partial charge in [-0.2, -0.15) is 13.2 Å². The summed E-state index contributed by atoms with van der Waals surface area (Å²) in [5.74, 6) is 0. The van der Waals surface area contributed by atoms with Crippen molar-refractivity contribution in [1.29, 1.82) is 0 Å². The lowest BCUT2D eigenvalue weighted by atomic mass is 10.3. The molecule has 1 rings (SSSR count). The van der Waals surface area contributed by atoms with Gasteiger partial charge in [0.05, 0.1) is 6.61 Å². The van der Waals surface area contributed by atoms with E-state index in [1.165, 1.54) is 0 Å². The summed E-state index contributed by atoms with van der Waals surface area (Å²) in [6, 6.07) is 6.87. The summed E-state index contributed by atoms with van der Waals surface area (Å²) >= 11 is 5.67. The second-order valence-corrected chi connectivity index (χ2v) is 3.54. The van der Waals surface area contributed by atoms with Crippen LogP contribution in [0, 0.1) is 0 Å². The van der Waals surface area contributed by atoms with Gasteiger partial charge in [0.25, 0.3) is 0 Å². The van der Waals surface area contributed by atoms with Gasteiger partial charge >= 0.3 is 6.18 Å². The Kier molecular flexibility index (Phi) is 4.89. The summed E-state index contributed by atoms with van der Waals surface area (Å²) < 4.78 is 39.5. The maximum atomic E-state index is 11.7. The first-order valence-corrected chi connectivity index (χ1v) is 4.99. The predicted octanol–water partition coefficient (Wildman–Crippen LogP) is 3.33. The van der Waals surface area contributed by atoms with Gasteiger partial charge in [0, 0.05) is 17.3 Å². The monoisotopic (exact) mass is 253 g/mol. The maximum Gasteiger partial charge on any atom is 0.411 e. The van der Waals surface area contributed by atoms with Crippen molar-refractivity contribution in [3.05, 3.63) is 29.3 Å². The average molecular weight is 254 g/mol. The van der Waals surface area contributed by atoms with Gasteiger partial charge in [-0.05, 0) is 24.3 Å². The van der Waals surface area contributed by atoms with Gasteiger partial charge in [0.2, 0.25) is 0 Å². The van der Waals surface area contributed by atoms with Crippen LogP contribution < -0.4 is 5.32 Å². The van der Waals surface area contributed by atoms with Crippen molar-refractivity contribution in [3.63, 3.8) is 0 Å². The van der Waals surface area contributed by atoms with E-state index in [0.29, 0.717) is 11.6 Å². The lowest BCUT2D eigenvalue weighted by Gasteiger charge is -2.09. The molecule has 0 aliphatic rings. The summed E-state index contributed by atoms with van der Waals surface area (Å²) in [6.07, 6.45) is -4.26. The lowest BCUT2D eigenvalue weighted by Crippen LogP contribution is -2.20. The maximum absolute atomic E-state index is 11.7. The Bertz CT molecular complexity index is 313. The molecule has 0 heterocycles. The third-order valence-electron chi connectivity index (χ3n) is 1.69. The number of hydrogen-bond acceptors (Lipinski definition) is 2. The smallest absolute Gasteiger partial charge is 0.383 e. The van der Waals surface area contributed by atoms with E-state index in [4.69, 9.17) is 11.6 Å². The molecule has 2 nitrogen and oxygen atoms in total. The van der Waals surface area contributed by atoms with Gasteiger partial charge in [-0.3, -0.25) is 0 Å². The van der Waals surface area contributed by atoms with Gasteiger partial charge in [0.1, 0.15) is 6.61 Å². The molecule has 16 heavy (non-hydrogen) atoms. The SMILES string of the molecule is FC(F)(F)COCCNc1ccc(Cl)cc1. The van der Waals surface area contributed by atoms with Gasteiger partial charge in [-0.1, -0.05) is 11.6 Å². The summed E-state index contributed by atoms with van der Waals surface area (Å²) in [5.41, 5.74) is 0.792. The Morgan fingerprint density at radius 2 is 1.81 bits per heavy atom. The fraction of sp³-hybridized carbons (Fsp3) is 0.400. The molecule has 0 atom stereocenters. The zero-order chi connectivity index (χ0) is 12.0. The van der Waals surface area contributed by atoms with Crippen LogP contribution in [0.25, 0.3) is 0 Å². The minimum absolute atomic E-state index is 0.00212. The molecule has 1 N–H and O–H groups in total. The molecule has 0 saturated heterocycles. The predicted molar refractivity (Wildman–Crippen MR) is 56.8 cm³/mol. The summed E-state index contributed by atoms with van der Waals surface area (Å²) in [6.45, 7) is -0.894. The molecule has 0 aliphatic heterocycles. The van der Waals surface area contributed by atoms with Crippen LogP contribution >= 0.6 is 11.6 Å². The number of nitrogens with one attached hydrogen (secondary N) is 1. The van der Waals surface area contributed by atoms with E-state index in [1.807, 2.05) is 0 Å². The van der Waals surface area contributed by atoms with Crippen molar-refractivity contribution in [2.24, 2.45) is 0 Å². The Labute approximate surface area is 96.4 Å². The summed E-state index contributed by atoms with van der Waals surface area (Å²) in [7, 11) is 0. The molecule has 0 spiro atoms. The standard InChI is InChI=1S/C10H11ClF3NO/c11-8-1-3-9(4-2-8)15-5-6-16-7-10(12,13)14/h1-4,15H,5-7H2. The number of rotatable bonds is 5. The Morgan fingerprint density at radius 3 is 2.38 bits per heavy atom. The first-order chi connectivity index (χ1) is 7.47. The Morgan fingerprint density at radius 1 is 1.19 bits per heavy atom. The minimum Gasteiger partial charge on any atom is -0.383 e. The lowest BCUT2D eigenvalue weighted by molar-refractivity contribution is -0.172. The zero-order valence-electron chi connectivity index (χ0n) is 8.35. The molecule has 90 valence electrons. The molecule has 0 fully saturated rings. The molecule has 0 amide bonds. The molecular formula is C10H11ClF3NO. The molecule has 6 heteroatoms. The highest BCUT2D eigenvalue weighted by Gasteiger charge is 2.27. The molecule has 0 aliphatic carbocycles. The highest BCUT2D eigenvalue weighted by Crippen LogP contribution is 2.15. The third kappa shape index (κ3) is 5.82. The molecule has 0 unspecified atom stereocenters. The van der Waals surface area contributed by atoms with Crippen LogP contribution in [0.5, 0.6) is 0 Å². The Hall–Kier alpha value is -0.940. The van der Waals surface area contributed by atoms with Crippen molar-refractivity contribution in [1.82, 2.24) is 0 Å². The van der Waals surface area contributed by atoms with Crippen LogP contribution in [-0.4, -0.2) is 25.9 Å². The minimum atomic E-state index is -4.26. The van der Waals surface area contributed by atoms with Gasteiger partial charge in [-0.25, -0.2) is 0 Å². The van der Waals surface area contributed by atoms with Crippen molar-refractivity contribution >= 4 is 17.3 Å². The number of alkyl halides is 3. The topological polar surface area (TPSA) is 21.3 Å². The fourth-order valence-corrected chi connectivity index (χ4v) is 1.15. The molecule has 0 aromatic heterocycles. The van der Waals surface area contributed by atoms with Crippen molar-refractivity contribution < 1.29 is 17.9 Å². The highest BCUT2D eigenvalue weighted by molar-refractivity contribution is 6.30. The average Bonchev–Trinajstić information content (AvgIpc) is 2.19. The third-order valence-corrected chi connectivity index (χ3v) is 1.94. The molecular weight excluding hydrogens is 243 g/mol. The van der Waals surface area contributed by atoms with Crippen molar-refractivity contribution in [3.8, 4) is 0 Å². The van der Waals surface area contributed by atoms with Gasteiger partial charge in [0.15, 0.2) is 0 Å². The highest BCUT2D eigenvalue weighted by atomic mass is 35.5. The van der Waals surface area contributed by atoms with Crippen molar-refractivity contribution in [2.45, 2.75) is 6.18 Å². The number of anilines is 1. The van der Waals surface area contributed by atoms with Crippen molar-refractivity contribution in [2.75, 3.05) is 25.1 Å². The Balaban J connectivity index is 2.14.